The van der Waals surface area contributed by atoms with Crippen LogP contribution in [0.3, 0.4) is 0 Å². The van der Waals surface area contributed by atoms with E-state index in [1.807, 2.05) is 0 Å². The summed E-state index contributed by atoms with van der Waals surface area (Å²) < 4.78 is 13.2. The quantitative estimate of drug-likeness (QED) is 0.592. The molecule has 0 unspecified atom stereocenters. The third-order valence-corrected chi connectivity index (χ3v) is 1.79. The molecule has 0 saturated carbocycles. The maximum atomic E-state index is 13.2. The van der Waals surface area contributed by atoms with Gasteiger partial charge in [0, 0.05) is 12.1 Å². The van der Waals surface area contributed by atoms with Gasteiger partial charge < -0.3 is 5.73 Å². The van der Waals surface area contributed by atoms with Crippen molar-refractivity contribution in [2.75, 3.05) is 0 Å². The Morgan fingerprint density at radius 3 is 2.71 bits per heavy atom. The number of nitro groups is 1. The van der Waals surface area contributed by atoms with Crippen molar-refractivity contribution in [2.24, 2.45) is 5.73 Å². The zero-order valence-corrected chi connectivity index (χ0v) is 7.74. The summed E-state index contributed by atoms with van der Waals surface area (Å²) in [6.45, 7) is 1.75. The van der Waals surface area contributed by atoms with Crippen molar-refractivity contribution >= 4 is 5.69 Å². The lowest BCUT2D eigenvalue weighted by Gasteiger charge is -2.05. The lowest BCUT2D eigenvalue weighted by atomic mass is 10.1. The van der Waals surface area contributed by atoms with E-state index in [1.54, 1.807) is 6.92 Å². The second kappa shape index (κ2) is 4.15. The molecule has 1 aromatic carbocycles. The summed E-state index contributed by atoms with van der Waals surface area (Å²) >= 11 is 0. The summed E-state index contributed by atoms with van der Waals surface area (Å²) in [4.78, 5) is 9.67. The molecule has 76 valence electrons. The van der Waals surface area contributed by atoms with Crippen LogP contribution in [0, 0.1) is 15.9 Å². The van der Waals surface area contributed by atoms with Gasteiger partial charge in [-0.1, -0.05) is 0 Å². The normalized spacial score (nSPS) is 12.5. The van der Waals surface area contributed by atoms with Gasteiger partial charge in [0.1, 0.15) is 5.82 Å². The van der Waals surface area contributed by atoms with Crippen molar-refractivity contribution in [3.05, 3.63) is 39.7 Å². The minimum absolute atomic E-state index is 0.161. The second-order valence-electron chi connectivity index (χ2n) is 3.21. The summed E-state index contributed by atoms with van der Waals surface area (Å²) in [6, 6.07) is 3.43. The first kappa shape index (κ1) is 10.6. The Balaban J connectivity index is 2.95. The number of hydrogen-bond acceptors (Lipinski definition) is 3. The van der Waals surface area contributed by atoms with Crippen LogP contribution in [0.25, 0.3) is 0 Å². The molecule has 1 rings (SSSR count). The highest BCUT2D eigenvalue weighted by Crippen LogP contribution is 2.17. The van der Waals surface area contributed by atoms with E-state index in [2.05, 4.69) is 0 Å². The number of benzene rings is 1. The highest BCUT2D eigenvalue weighted by Gasteiger charge is 2.11. The molecule has 1 atom stereocenters. The Morgan fingerprint density at radius 2 is 2.29 bits per heavy atom. The molecule has 0 fully saturated rings. The first-order chi connectivity index (χ1) is 6.50. The summed E-state index contributed by atoms with van der Waals surface area (Å²) in [5, 5.41) is 10.3. The maximum Gasteiger partial charge on any atom is 0.272 e. The molecule has 0 aromatic heterocycles. The van der Waals surface area contributed by atoms with Crippen LogP contribution in [0.4, 0.5) is 10.1 Å². The number of halogens is 1. The predicted molar refractivity (Wildman–Crippen MR) is 50.4 cm³/mol. The van der Waals surface area contributed by atoms with Crippen LogP contribution >= 0.6 is 0 Å². The van der Waals surface area contributed by atoms with E-state index in [1.165, 1.54) is 12.1 Å². The smallest absolute Gasteiger partial charge is 0.272 e. The Labute approximate surface area is 80.7 Å². The highest BCUT2D eigenvalue weighted by atomic mass is 19.1. The third kappa shape index (κ3) is 2.50. The van der Waals surface area contributed by atoms with Crippen LogP contribution in [0.2, 0.25) is 0 Å². The van der Waals surface area contributed by atoms with Crippen molar-refractivity contribution in [2.45, 2.75) is 19.4 Å². The highest BCUT2D eigenvalue weighted by molar-refractivity contribution is 5.34. The monoisotopic (exact) mass is 198 g/mol. The van der Waals surface area contributed by atoms with Gasteiger partial charge in [0.2, 0.25) is 0 Å². The fraction of sp³-hybridized carbons (Fsp3) is 0.333. The lowest BCUT2D eigenvalue weighted by molar-refractivity contribution is -0.385. The minimum atomic E-state index is -0.626. The van der Waals surface area contributed by atoms with Crippen molar-refractivity contribution in [1.29, 1.82) is 0 Å². The molecular formula is C9H11FN2O2. The molecule has 2 N–H and O–H groups in total. The number of non-ortho nitro benzene ring substituents is 1. The third-order valence-electron chi connectivity index (χ3n) is 1.79. The van der Waals surface area contributed by atoms with Crippen LogP contribution in [-0.2, 0) is 6.42 Å². The lowest BCUT2D eigenvalue weighted by Crippen LogP contribution is -2.18. The summed E-state index contributed by atoms with van der Waals surface area (Å²) in [6.07, 6.45) is 0.379. The van der Waals surface area contributed by atoms with Gasteiger partial charge in [-0.25, -0.2) is 4.39 Å². The molecule has 14 heavy (non-hydrogen) atoms. The van der Waals surface area contributed by atoms with E-state index >= 15 is 0 Å². The largest absolute Gasteiger partial charge is 0.328 e. The van der Waals surface area contributed by atoms with E-state index in [0.717, 1.165) is 6.07 Å². The van der Waals surface area contributed by atoms with Gasteiger partial charge in [-0.05, 0) is 25.0 Å². The molecule has 0 radical (unpaired) electrons. The molecule has 0 saturated heterocycles. The number of rotatable bonds is 3. The molecular weight excluding hydrogens is 187 g/mol. The van der Waals surface area contributed by atoms with Gasteiger partial charge in [0.15, 0.2) is 0 Å². The van der Waals surface area contributed by atoms with Crippen molar-refractivity contribution < 1.29 is 9.31 Å². The van der Waals surface area contributed by atoms with Gasteiger partial charge in [-0.15, -0.1) is 0 Å². The number of nitrogens with zero attached hydrogens (tertiary/aromatic N) is 1. The van der Waals surface area contributed by atoms with Gasteiger partial charge in [-0.2, -0.15) is 0 Å². The van der Waals surface area contributed by atoms with Crippen molar-refractivity contribution in [3.63, 3.8) is 0 Å². The Kier molecular flexibility index (Phi) is 3.14. The predicted octanol–water partition coefficient (Wildman–Crippen LogP) is 1.62. The molecule has 0 aliphatic carbocycles. The first-order valence-corrected chi connectivity index (χ1v) is 4.19. The molecule has 5 heteroatoms. The topological polar surface area (TPSA) is 69.2 Å². The molecule has 0 spiro atoms. The standard InChI is InChI=1S/C9H11FN2O2/c1-6(11)4-7-2-3-8(12(13)14)5-9(7)10/h2-3,5-6H,4,11H2,1H3/t6-/m1/s1. The zero-order valence-electron chi connectivity index (χ0n) is 7.74. The van der Waals surface area contributed by atoms with E-state index in [9.17, 15) is 14.5 Å². The van der Waals surface area contributed by atoms with Crippen LogP contribution in [0.5, 0.6) is 0 Å². The van der Waals surface area contributed by atoms with Gasteiger partial charge in [-0.3, -0.25) is 10.1 Å². The molecule has 0 amide bonds. The molecule has 0 aliphatic heterocycles. The van der Waals surface area contributed by atoms with Crippen LogP contribution in [0.15, 0.2) is 18.2 Å². The second-order valence-corrected chi connectivity index (χ2v) is 3.21. The molecule has 0 heterocycles. The zero-order chi connectivity index (χ0) is 10.7. The van der Waals surface area contributed by atoms with Crippen molar-refractivity contribution in [1.82, 2.24) is 0 Å². The first-order valence-electron chi connectivity index (χ1n) is 4.19. The summed E-state index contributed by atoms with van der Waals surface area (Å²) in [5.74, 6) is -0.573. The van der Waals surface area contributed by atoms with Crippen molar-refractivity contribution in [3.8, 4) is 0 Å². The van der Waals surface area contributed by atoms with Gasteiger partial charge in [0.25, 0.3) is 5.69 Å². The number of nitrogens with two attached hydrogens (primary N) is 1. The van der Waals surface area contributed by atoms with Crippen LogP contribution in [-0.4, -0.2) is 11.0 Å². The summed E-state index contributed by atoms with van der Waals surface area (Å²) in [7, 11) is 0. The van der Waals surface area contributed by atoms with E-state index in [-0.39, 0.29) is 11.7 Å². The Bertz CT molecular complexity index is 353. The maximum absolute atomic E-state index is 13.2. The number of hydrogen-bond donors (Lipinski definition) is 1. The fourth-order valence-corrected chi connectivity index (χ4v) is 1.16. The Morgan fingerprint density at radius 1 is 1.64 bits per heavy atom. The van der Waals surface area contributed by atoms with E-state index < -0.39 is 10.7 Å². The van der Waals surface area contributed by atoms with Crippen LogP contribution in [0.1, 0.15) is 12.5 Å². The SMILES string of the molecule is C[C@@H](N)Cc1ccc([N+](=O)[O-])cc1F. The summed E-state index contributed by atoms with van der Waals surface area (Å²) in [5.41, 5.74) is 5.66. The molecule has 0 bridgehead atoms. The van der Waals surface area contributed by atoms with Crippen LogP contribution < -0.4 is 5.73 Å². The minimum Gasteiger partial charge on any atom is -0.328 e. The fourth-order valence-electron chi connectivity index (χ4n) is 1.16. The van der Waals surface area contributed by atoms with Gasteiger partial charge >= 0.3 is 0 Å². The molecule has 4 nitrogen and oxygen atoms in total. The molecule has 1 aromatic rings. The average Bonchev–Trinajstić information content (AvgIpc) is 2.07. The average molecular weight is 198 g/mol. The van der Waals surface area contributed by atoms with Gasteiger partial charge in [0.05, 0.1) is 11.0 Å². The van der Waals surface area contributed by atoms with E-state index in [0.29, 0.717) is 12.0 Å². The van der Waals surface area contributed by atoms with E-state index in [4.69, 9.17) is 5.73 Å². The number of nitro benzene ring substituents is 1. The molecule has 0 aliphatic rings. The Hall–Kier alpha value is -1.49.